The summed E-state index contributed by atoms with van der Waals surface area (Å²) in [7, 11) is 3.09. The number of hydrogen-bond donors (Lipinski definition) is 4. The Bertz CT molecular complexity index is 2200. The predicted molar refractivity (Wildman–Crippen MR) is 235 cm³/mol. The number of aldehydes is 2. The summed E-state index contributed by atoms with van der Waals surface area (Å²) in [5, 5.41) is 11.9. The fraction of sp³-hybridized carbons (Fsp3) is 0.217. The number of carbonyl (C=O) groups excluding carboxylic acids is 6. The highest BCUT2D eigenvalue weighted by Crippen LogP contribution is 2.27. The standard InChI is InChI=1S/C46H48N6O8/c1-45(2,3)59-43(57)49-35-13-9-31(10-14-35)47-33-17-21-37(22-18-33)51(7)41(55)39-26-40(30(28-54)25-29(39)27-53)42(56)52(8)38-23-19-34(20-24-38)48-32-11-15-36(16-12-32)50-44(58)60-46(4,5)6/h9-28,47-48H,1-8H3,(H,49,57)(H,50,58). The van der Waals surface area contributed by atoms with Crippen molar-refractivity contribution in [3.05, 3.63) is 131 Å². The Morgan fingerprint density at radius 2 is 0.750 bits per heavy atom. The van der Waals surface area contributed by atoms with Gasteiger partial charge in [0.2, 0.25) is 0 Å². The van der Waals surface area contributed by atoms with E-state index in [0.29, 0.717) is 35.3 Å². The number of nitrogens with one attached hydrogen (secondary N) is 4. The van der Waals surface area contributed by atoms with Gasteiger partial charge in [-0.05, 0) is 151 Å². The average molecular weight is 813 g/mol. The number of ether oxygens (including phenoxy) is 2. The van der Waals surface area contributed by atoms with Crippen LogP contribution in [0.3, 0.4) is 0 Å². The summed E-state index contributed by atoms with van der Waals surface area (Å²) >= 11 is 0. The third-order valence-corrected chi connectivity index (χ3v) is 8.69. The quantitative estimate of drug-likeness (QED) is 0.0887. The lowest BCUT2D eigenvalue weighted by atomic mass is 9.97. The Balaban J connectivity index is 1.24. The highest BCUT2D eigenvalue weighted by Gasteiger charge is 2.25. The van der Waals surface area contributed by atoms with Crippen LogP contribution in [-0.2, 0) is 9.47 Å². The molecule has 0 fully saturated rings. The second-order valence-corrected chi connectivity index (χ2v) is 15.7. The number of benzene rings is 5. The molecule has 14 heteroatoms. The number of amides is 4. The number of rotatable bonds is 12. The van der Waals surface area contributed by atoms with Gasteiger partial charge in [0.25, 0.3) is 11.8 Å². The molecule has 5 rings (SSSR count). The highest BCUT2D eigenvalue weighted by atomic mass is 16.6. The first-order valence-corrected chi connectivity index (χ1v) is 18.9. The maximum absolute atomic E-state index is 13.9. The molecule has 0 saturated carbocycles. The molecule has 4 N–H and O–H groups in total. The molecule has 0 heterocycles. The van der Waals surface area contributed by atoms with Crippen LogP contribution in [0.2, 0.25) is 0 Å². The van der Waals surface area contributed by atoms with E-state index in [1.807, 2.05) is 0 Å². The third-order valence-electron chi connectivity index (χ3n) is 8.69. The van der Waals surface area contributed by atoms with E-state index in [1.54, 1.807) is 153 Å². The minimum absolute atomic E-state index is 0.0415. The summed E-state index contributed by atoms with van der Waals surface area (Å²) in [6, 6.07) is 30.6. The van der Waals surface area contributed by atoms with Gasteiger partial charge < -0.3 is 29.9 Å². The number of nitrogens with zero attached hydrogens (tertiary/aromatic N) is 2. The van der Waals surface area contributed by atoms with Crippen molar-refractivity contribution in [2.75, 3.05) is 45.2 Å². The van der Waals surface area contributed by atoms with E-state index in [1.165, 1.54) is 21.9 Å². The first kappa shape index (κ1) is 43.6. The summed E-state index contributed by atoms with van der Waals surface area (Å²) in [4.78, 5) is 78.9. The van der Waals surface area contributed by atoms with E-state index >= 15 is 0 Å². The number of hydrogen-bond acceptors (Lipinski definition) is 10. The largest absolute Gasteiger partial charge is 0.444 e. The van der Waals surface area contributed by atoms with Crippen LogP contribution < -0.4 is 31.1 Å². The van der Waals surface area contributed by atoms with Crippen molar-refractivity contribution in [3.8, 4) is 0 Å². The zero-order chi connectivity index (χ0) is 43.8. The van der Waals surface area contributed by atoms with Gasteiger partial charge in [0.1, 0.15) is 11.2 Å². The lowest BCUT2D eigenvalue weighted by molar-refractivity contribution is 0.0624. The van der Waals surface area contributed by atoms with Crippen LogP contribution in [-0.4, -0.2) is 61.9 Å². The molecule has 0 aliphatic carbocycles. The SMILES string of the molecule is CN(C(=O)c1cc(C(=O)N(C)c2ccc(Nc3ccc(NC(=O)OC(C)(C)C)cc3)cc2)c(C=O)cc1C=O)c1ccc(Nc2ccc(NC(=O)OC(C)(C)C)cc2)cc1. The zero-order valence-corrected chi connectivity index (χ0v) is 34.7. The monoisotopic (exact) mass is 812 g/mol. The molecule has 0 spiro atoms. The van der Waals surface area contributed by atoms with Crippen molar-refractivity contribution < 1.29 is 38.2 Å². The van der Waals surface area contributed by atoms with Gasteiger partial charge in [0.15, 0.2) is 12.6 Å². The molecule has 0 bridgehead atoms. The van der Waals surface area contributed by atoms with E-state index in [0.717, 1.165) is 22.7 Å². The van der Waals surface area contributed by atoms with Gasteiger partial charge >= 0.3 is 12.2 Å². The van der Waals surface area contributed by atoms with E-state index in [2.05, 4.69) is 21.3 Å². The first-order chi connectivity index (χ1) is 28.3. The van der Waals surface area contributed by atoms with Crippen molar-refractivity contribution in [1.82, 2.24) is 0 Å². The second-order valence-electron chi connectivity index (χ2n) is 15.7. The molecule has 310 valence electrons. The average Bonchev–Trinajstić information content (AvgIpc) is 3.20. The lowest BCUT2D eigenvalue weighted by Gasteiger charge is -2.22. The summed E-state index contributed by atoms with van der Waals surface area (Å²) in [6.07, 6.45) is -0.156. The molecule has 0 saturated heterocycles. The molecule has 0 atom stereocenters. The molecule has 0 aromatic heterocycles. The van der Waals surface area contributed by atoms with Crippen LogP contribution in [0, 0.1) is 0 Å². The molecular formula is C46H48N6O8. The van der Waals surface area contributed by atoms with Crippen molar-refractivity contribution in [2.24, 2.45) is 0 Å². The fourth-order valence-electron chi connectivity index (χ4n) is 5.78. The van der Waals surface area contributed by atoms with E-state index in [-0.39, 0.29) is 22.3 Å². The third kappa shape index (κ3) is 11.8. The molecule has 0 radical (unpaired) electrons. The second kappa shape index (κ2) is 18.4. The Hall–Kier alpha value is -7.48. The van der Waals surface area contributed by atoms with Crippen molar-refractivity contribution in [2.45, 2.75) is 52.7 Å². The van der Waals surface area contributed by atoms with Gasteiger partial charge in [0.05, 0.1) is 11.1 Å². The van der Waals surface area contributed by atoms with Gasteiger partial charge in [0, 0.05) is 70.7 Å². The van der Waals surface area contributed by atoms with Crippen LogP contribution in [0.4, 0.5) is 55.1 Å². The summed E-state index contributed by atoms with van der Waals surface area (Å²) < 4.78 is 10.6. The summed E-state index contributed by atoms with van der Waals surface area (Å²) in [5.74, 6) is -1.13. The number of anilines is 8. The maximum Gasteiger partial charge on any atom is 0.412 e. The van der Waals surface area contributed by atoms with Gasteiger partial charge in [-0.1, -0.05) is 0 Å². The Labute approximate surface area is 348 Å². The van der Waals surface area contributed by atoms with Crippen molar-refractivity contribution in [1.29, 1.82) is 0 Å². The normalized spacial score (nSPS) is 11.1. The molecule has 4 amide bonds. The predicted octanol–water partition coefficient (Wildman–Crippen LogP) is 10.0. The van der Waals surface area contributed by atoms with E-state index < -0.39 is 35.2 Å². The van der Waals surface area contributed by atoms with Crippen molar-refractivity contribution in [3.63, 3.8) is 0 Å². The summed E-state index contributed by atoms with van der Waals surface area (Å²) in [5.41, 5.74) is 3.66. The fourth-order valence-corrected chi connectivity index (χ4v) is 5.78. The van der Waals surface area contributed by atoms with Crippen LogP contribution in [0.1, 0.15) is 83.0 Å². The Morgan fingerprint density at radius 3 is 1.03 bits per heavy atom. The Kier molecular flexibility index (Phi) is 13.4. The van der Waals surface area contributed by atoms with Crippen LogP contribution in [0.25, 0.3) is 0 Å². The van der Waals surface area contributed by atoms with E-state index in [9.17, 15) is 28.8 Å². The molecule has 5 aromatic rings. The highest BCUT2D eigenvalue weighted by molar-refractivity contribution is 6.15. The molecule has 60 heavy (non-hydrogen) atoms. The minimum Gasteiger partial charge on any atom is -0.444 e. The zero-order valence-electron chi connectivity index (χ0n) is 34.7. The van der Waals surface area contributed by atoms with Gasteiger partial charge in [-0.15, -0.1) is 0 Å². The molecule has 0 aliphatic rings. The van der Waals surface area contributed by atoms with Crippen molar-refractivity contribution >= 4 is 82.1 Å². The Morgan fingerprint density at radius 1 is 0.467 bits per heavy atom. The smallest absolute Gasteiger partial charge is 0.412 e. The minimum atomic E-state index is -0.620. The topological polar surface area (TPSA) is 175 Å². The summed E-state index contributed by atoms with van der Waals surface area (Å²) in [6.45, 7) is 10.7. The van der Waals surface area contributed by atoms with Gasteiger partial charge in [-0.3, -0.25) is 29.8 Å². The van der Waals surface area contributed by atoms with Gasteiger partial charge in [-0.2, -0.15) is 0 Å². The van der Waals surface area contributed by atoms with Crippen LogP contribution in [0.5, 0.6) is 0 Å². The number of carbonyl (C=O) groups is 6. The molecule has 0 aliphatic heterocycles. The molecule has 5 aromatic carbocycles. The first-order valence-electron chi connectivity index (χ1n) is 18.9. The molecule has 0 unspecified atom stereocenters. The molecular weight excluding hydrogens is 765 g/mol. The molecule has 14 nitrogen and oxygen atoms in total. The van der Waals surface area contributed by atoms with Crippen LogP contribution in [0.15, 0.2) is 109 Å². The lowest BCUT2D eigenvalue weighted by Crippen LogP contribution is -2.30. The van der Waals surface area contributed by atoms with E-state index in [4.69, 9.17) is 9.47 Å². The van der Waals surface area contributed by atoms with Gasteiger partial charge in [-0.25, -0.2) is 9.59 Å². The maximum atomic E-state index is 13.9. The van der Waals surface area contributed by atoms with Crippen LogP contribution >= 0.6 is 0 Å².